The minimum Gasteiger partial charge on any atom is -0.244 e. The van der Waals surface area contributed by atoms with Crippen LogP contribution in [0.2, 0.25) is 0 Å². The van der Waals surface area contributed by atoms with Crippen molar-refractivity contribution in [3.8, 4) is 0 Å². The lowest BCUT2D eigenvalue weighted by molar-refractivity contribution is 0.237. The summed E-state index contributed by atoms with van der Waals surface area (Å²) in [7, 11) is 0. The maximum Gasteiger partial charge on any atom is 0.369 e. The molecule has 0 spiro atoms. The van der Waals surface area contributed by atoms with Crippen LogP contribution >= 0.6 is 0 Å². The monoisotopic (exact) mass is 274 g/mol. The average Bonchev–Trinajstić information content (AvgIpc) is 3.05. The van der Waals surface area contributed by atoms with E-state index in [4.69, 9.17) is 0 Å². The number of hydrogen-bond donors (Lipinski definition) is 0. The van der Waals surface area contributed by atoms with Gasteiger partial charge in [0.1, 0.15) is 0 Å². The second-order valence-electron chi connectivity index (χ2n) is 5.21. The number of carbonyl (C=O) groups is 1. The number of carbonyl (C=O) groups excluding carboxylic acids is 1. The van der Waals surface area contributed by atoms with Crippen LogP contribution in [0.25, 0.3) is 0 Å². The van der Waals surface area contributed by atoms with Crippen LogP contribution in [0.4, 0.5) is 4.79 Å². The second kappa shape index (κ2) is 6.03. The number of aromatic nitrogens is 4. The van der Waals surface area contributed by atoms with Gasteiger partial charge in [-0.25, -0.2) is 4.79 Å². The summed E-state index contributed by atoms with van der Waals surface area (Å²) in [6.07, 6.45) is 5.97. The Labute approximate surface area is 119 Å². The smallest absolute Gasteiger partial charge is 0.244 e. The van der Waals surface area contributed by atoms with E-state index in [1.165, 1.54) is 14.9 Å². The molecule has 2 aromatic heterocycles. The van der Waals surface area contributed by atoms with Crippen LogP contribution in [0, 0.1) is 0 Å². The third-order valence-electron chi connectivity index (χ3n) is 3.38. The third kappa shape index (κ3) is 2.53. The minimum atomic E-state index is -0.212. The van der Waals surface area contributed by atoms with Crippen molar-refractivity contribution in [3.05, 3.63) is 35.4 Å². The molecular weight excluding hydrogens is 252 g/mol. The van der Waals surface area contributed by atoms with E-state index in [2.05, 4.69) is 37.9 Å². The molecule has 0 saturated carbocycles. The Balaban J connectivity index is 2.53. The topological polar surface area (TPSA) is 52.7 Å². The van der Waals surface area contributed by atoms with Crippen molar-refractivity contribution >= 4 is 6.03 Å². The molecule has 0 aliphatic carbocycles. The molecular formula is C15H22N4O. The number of aryl methyl sites for hydroxylation is 1. The molecule has 108 valence electrons. The zero-order chi connectivity index (χ0) is 14.7. The van der Waals surface area contributed by atoms with Crippen LogP contribution in [0.15, 0.2) is 18.5 Å². The second-order valence-corrected chi connectivity index (χ2v) is 5.21. The first-order chi connectivity index (χ1) is 9.60. The molecule has 2 aromatic rings. The van der Waals surface area contributed by atoms with Crippen molar-refractivity contribution in [2.24, 2.45) is 0 Å². The van der Waals surface area contributed by atoms with Gasteiger partial charge in [-0.1, -0.05) is 34.1 Å². The van der Waals surface area contributed by atoms with Crippen LogP contribution in [0.1, 0.15) is 57.0 Å². The van der Waals surface area contributed by atoms with Crippen molar-refractivity contribution in [2.75, 3.05) is 0 Å². The maximum absolute atomic E-state index is 12.5. The van der Waals surface area contributed by atoms with Gasteiger partial charge >= 0.3 is 6.03 Å². The lowest BCUT2D eigenvalue weighted by Crippen LogP contribution is -2.23. The normalized spacial score (nSPS) is 11.2. The van der Waals surface area contributed by atoms with Crippen LogP contribution in [0.3, 0.4) is 0 Å². The molecule has 0 atom stereocenters. The fourth-order valence-corrected chi connectivity index (χ4v) is 2.58. The van der Waals surface area contributed by atoms with Crippen molar-refractivity contribution in [1.82, 2.24) is 19.6 Å². The predicted molar refractivity (Wildman–Crippen MR) is 78.1 cm³/mol. The number of hydrogen-bond acceptors (Lipinski definition) is 3. The first kappa shape index (κ1) is 14.5. The average molecular weight is 274 g/mol. The molecule has 5 heteroatoms. The molecule has 0 aliphatic heterocycles. The van der Waals surface area contributed by atoms with Gasteiger partial charge in [0, 0.05) is 12.4 Å². The van der Waals surface area contributed by atoms with E-state index < -0.39 is 0 Å². The van der Waals surface area contributed by atoms with Gasteiger partial charge < -0.3 is 0 Å². The SMILES string of the molecule is CCCc1nn(C(=O)n2cccn2)c(CC)c1C(C)C. The Hall–Kier alpha value is -1.91. The summed E-state index contributed by atoms with van der Waals surface area (Å²) in [4.78, 5) is 12.5. The summed E-state index contributed by atoms with van der Waals surface area (Å²) >= 11 is 0. The standard InChI is InChI=1S/C15H22N4O/c1-5-8-12-14(11(3)4)13(6-2)19(17-12)15(20)18-10-7-9-16-18/h7,9-11H,5-6,8H2,1-4H3. The summed E-state index contributed by atoms with van der Waals surface area (Å²) in [6.45, 7) is 8.49. The highest BCUT2D eigenvalue weighted by atomic mass is 16.2. The Morgan fingerprint density at radius 2 is 2.10 bits per heavy atom. The van der Waals surface area contributed by atoms with E-state index in [-0.39, 0.29) is 6.03 Å². The van der Waals surface area contributed by atoms with Gasteiger partial charge in [0.25, 0.3) is 0 Å². The molecule has 20 heavy (non-hydrogen) atoms. The van der Waals surface area contributed by atoms with Gasteiger partial charge in [0.05, 0.1) is 11.4 Å². The van der Waals surface area contributed by atoms with E-state index in [9.17, 15) is 4.79 Å². The molecule has 0 aliphatic rings. The van der Waals surface area contributed by atoms with Crippen molar-refractivity contribution in [1.29, 1.82) is 0 Å². The minimum absolute atomic E-state index is 0.212. The molecule has 0 saturated heterocycles. The summed E-state index contributed by atoms with van der Waals surface area (Å²) in [5.41, 5.74) is 3.26. The fraction of sp³-hybridized carbons (Fsp3) is 0.533. The predicted octanol–water partition coefficient (Wildman–Crippen LogP) is 3.23. The molecule has 0 bridgehead atoms. The van der Waals surface area contributed by atoms with Gasteiger partial charge in [-0.15, -0.1) is 0 Å². The maximum atomic E-state index is 12.5. The lowest BCUT2D eigenvalue weighted by Gasteiger charge is -2.09. The Morgan fingerprint density at radius 3 is 2.60 bits per heavy atom. The van der Waals surface area contributed by atoms with Crippen molar-refractivity contribution in [2.45, 2.75) is 52.9 Å². The van der Waals surface area contributed by atoms with Crippen molar-refractivity contribution < 1.29 is 4.79 Å². The van der Waals surface area contributed by atoms with Crippen molar-refractivity contribution in [3.63, 3.8) is 0 Å². The summed E-state index contributed by atoms with van der Waals surface area (Å²) in [6, 6.07) is 1.53. The molecule has 5 nitrogen and oxygen atoms in total. The van der Waals surface area contributed by atoms with Gasteiger partial charge in [-0.3, -0.25) is 0 Å². The number of nitrogens with zero attached hydrogens (tertiary/aromatic N) is 4. The van der Waals surface area contributed by atoms with Gasteiger partial charge in [0.2, 0.25) is 0 Å². The molecule has 0 fully saturated rings. The fourth-order valence-electron chi connectivity index (χ4n) is 2.58. The largest absolute Gasteiger partial charge is 0.369 e. The highest BCUT2D eigenvalue weighted by Crippen LogP contribution is 2.25. The Bertz CT molecular complexity index is 581. The lowest BCUT2D eigenvalue weighted by atomic mass is 9.97. The molecule has 0 unspecified atom stereocenters. The third-order valence-corrected chi connectivity index (χ3v) is 3.38. The van der Waals surface area contributed by atoms with E-state index in [1.807, 2.05) is 0 Å². The zero-order valence-corrected chi connectivity index (χ0v) is 12.6. The molecule has 0 amide bonds. The molecule has 0 aromatic carbocycles. The molecule has 2 heterocycles. The first-order valence-corrected chi connectivity index (χ1v) is 7.25. The summed E-state index contributed by atoms with van der Waals surface area (Å²) in [5.74, 6) is 0.366. The van der Waals surface area contributed by atoms with Gasteiger partial charge in [-0.2, -0.15) is 19.6 Å². The number of rotatable bonds is 4. The van der Waals surface area contributed by atoms with Crippen LogP contribution in [-0.4, -0.2) is 25.6 Å². The highest BCUT2D eigenvalue weighted by Gasteiger charge is 2.22. The van der Waals surface area contributed by atoms with E-state index in [1.54, 1.807) is 18.5 Å². The first-order valence-electron chi connectivity index (χ1n) is 7.25. The quantitative estimate of drug-likeness (QED) is 0.860. The summed E-state index contributed by atoms with van der Waals surface area (Å²) in [5, 5.41) is 8.56. The highest BCUT2D eigenvalue weighted by molar-refractivity contribution is 5.78. The molecule has 0 radical (unpaired) electrons. The van der Waals surface area contributed by atoms with Crippen LogP contribution in [0.5, 0.6) is 0 Å². The zero-order valence-electron chi connectivity index (χ0n) is 12.6. The van der Waals surface area contributed by atoms with Crippen LogP contribution < -0.4 is 0 Å². The molecule has 0 N–H and O–H groups in total. The summed E-state index contributed by atoms with van der Waals surface area (Å²) < 4.78 is 2.85. The Morgan fingerprint density at radius 1 is 1.35 bits per heavy atom. The van der Waals surface area contributed by atoms with E-state index >= 15 is 0 Å². The van der Waals surface area contributed by atoms with E-state index in [0.29, 0.717) is 5.92 Å². The van der Waals surface area contributed by atoms with Crippen LogP contribution in [-0.2, 0) is 12.8 Å². The van der Waals surface area contributed by atoms with Gasteiger partial charge in [-0.05, 0) is 30.4 Å². The van der Waals surface area contributed by atoms with E-state index in [0.717, 1.165) is 30.7 Å². The van der Waals surface area contributed by atoms with Gasteiger partial charge in [0.15, 0.2) is 0 Å². The molecule has 2 rings (SSSR count). The Kier molecular flexibility index (Phi) is 4.37.